The van der Waals surface area contributed by atoms with Crippen molar-refractivity contribution in [2.24, 2.45) is 0 Å². The summed E-state index contributed by atoms with van der Waals surface area (Å²) in [5.41, 5.74) is 0.105. The number of nitrogens with zero attached hydrogens (tertiary/aromatic N) is 3. The van der Waals surface area contributed by atoms with Crippen molar-refractivity contribution in [2.75, 3.05) is 5.32 Å². The standard InChI is InChI=1S/C17H14F4N4/c1-10-8-15(25-14(23-10)4-7-22-25)24-16(5-6-16)11-2-3-12(13(18)9-11)17(19,20)21/h2-4,7-9,24H,5-6H2,1H3. The van der Waals surface area contributed by atoms with Gasteiger partial charge in [-0.1, -0.05) is 6.07 Å². The van der Waals surface area contributed by atoms with E-state index in [-0.39, 0.29) is 0 Å². The highest BCUT2D eigenvalue weighted by Gasteiger charge is 2.46. The zero-order chi connectivity index (χ0) is 17.8. The molecule has 1 fully saturated rings. The molecule has 1 aromatic carbocycles. The average Bonchev–Trinajstić information content (AvgIpc) is 3.14. The van der Waals surface area contributed by atoms with Gasteiger partial charge in [0.05, 0.1) is 17.3 Å². The van der Waals surface area contributed by atoms with Crippen LogP contribution in [0.2, 0.25) is 0 Å². The fourth-order valence-corrected chi connectivity index (χ4v) is 3.03. The van der Waals surface area contributed by atoms with Crippen LogP contribution in [0.5, 0.6) is 0 Å². The number of aromatic nitrogens is 3. The Hall–Kier alpha value is -2.64. The van der Waals surface area contributed by atoms with E-state index in [1.165, 1.54) is 6.07 Å². The first-order valence-corrected chi connectivity index (χ1v) is 7.75. The van der Waals surface area contributed by atoms with Gasteiger partial charge in [0, 0.05) is 17.8 Å². The predicted molar refractivity (Wildman–Crippen MR) is 83.7 cm³/mol. The summed E-state index contributed by atoms with van der Waals surface area (Å²) < 4.78 is 53.8. The van der Waals surface area contributed by atoms with Gasteiger partial charge in [0.1, 0.15) is 11.6 Å². The Kier molecular flexibility index (Phi) is 3.28. The van der Waals surface area contributed by atoms with Gasteiger partial charge in [-0.25, -0.2) is 9.37 Å². The third-order valence-electron chi connectivity index (χ3n) is 4.43. The van der Waals surface area contributed by atoms with Crippen LogP contribution in [-0.2, 0) is 11.7 Å². The predicted octanol–water partition coefficient (Wildman–Crippen LogP) is 4.30. The second kappa shape index (κ2) is 5.18. The SMILES string of the molecule is Cc1cc(NC2(c3ccc(C(F)(F)F)c(F)c3)CC2)n2nccc2n1. The highest BCUT2D eigenvalue weighted by Crippen LogP contribution is 2.49. The number of anilines is 1. The lowest BCUT2D eigenvalue weighted by Gasteiger charge is -2.21. The molecule has 0 aliphatic heterocycles. The van der Waals surface area contributed by atoms with E-state index in [1.54, 1.807) is 22.8 Å². The van der Waals surface area contributed by atoms with E-state index < -0.39 is 23.1 Å². The summed E-state index contributed by atoms with van der Waals surface area (Å²) in [6.07, 6.45) is -1.69. The molecular weight excluding hydrogens is 336 g/mol. The molecule has 1 aliphatic rings. The third kappa shape index (κ3) is 2.71. The summed E-state index contributed by atoms with van der Waals surface area (Å²) in [6, 6.07) is 6.67. The molecule has 2 aromatic heterocycles. The lowest BCUT2D eigenvalue weighted by atomic mass is 10.0. The number of hydrogen-bond acceptors (Lipinski definition) is 3. The van der Waals surface area contributed by atoms with Gasteiger partial charge in [-0.2, -0.15) is 22.8 Å². The van der Waals surface area contributed by atoms with E-state index >= 15 is 0 Å². The van der Waals surface area contributed by atoms with E-state index in [4.69, 9.17) is 0 Å². The van der Waals surface area contributed by atoms with E-state index in [1.807, 2.05) is 6.92 Å². The summed E-state index contributed by atoms with van der Waals surface area (Å²) in [7, 11) is 0. The summed E-state index contributed by atoms with van der Waals surface area (Å²) in [4.78, 5) is 4.35. The molecule has 4 rings (SSSR count). The maximum Gasteiger partial charge on any atom is 0.419 e. The van der Waals surface area contributed by atoms with Gasteiger partial charge >= 0.3 is 6.18 Å². The van der Waals surface area contributed by atoms with Crippen molar-refractivity contribution in [1.82, 2.24) is 14.6 Å². The molecule has 1 saturated carbocycles. The van der Waals surface area contributed by atoms with E-state index in [9.17, 15) is 17.6 Å². The van der Waals surface area contributed by atoms with Crippen molar-refractivity contribution in [3.8, 4) is 0 Å². The van der Waals surface area contributed by atoms with Crippen molar-refractivity contribution in [1.29, 1.82) is 0 Å². The van der Waals surface area contributed by atoms with E-state index in [2.05, 4.69) is 15.4 Å². The largest absolute Gasteiger partial charge is 0.419 e. The van der Waals surface area contributed by atoms with Crippen LogP contribution in [0.4, 0.5) is 23.4 Å². The van der Waals surface area contributed by atoms with Gasteiger partial charge in [-0.3, -0.25) is 0 Å². The van der Waals surface area contributed by atoms with Crippen LogP contribution in [0.15, 0.2) is 36.5 Å². The van der Waals surface area contributed by atoms with Gasteiger partial charge in [-0.15, -0.1) is 0 Å². The van der Waals surface area contributed by atoms with Crippen LogP contribution in [-0.4, -0.2) is 14.6 Å². The summed E-state index contributed by atoms with van der Waals surface area (Å²) in [6.45, 7) is 1.84. The molecular formula is C17H14F4N4. The molecule has 4 nitrogen and oxygen atoms in total. The van der Waals surface area contributed by atoms with Gasteiger partial charge in [0.2, 0.25) is 0 Å². The Morgan fingerprint density at radius 3 is 2.56 bits per heavy atom. The van der Waals surface area contributed by atoms with Crippen LogP contribution in [0.25, 0.3) is 5.65 Å². The normalized spacial score (nSPS) is 16.2. The summed E-state index contributed by atoms with van der Waals surface area (Å²) >= 11 is 0. The highest BCUT2D eigenvalue weighted by atomic mass is 19.4. The Morgan fingerprint density at radius 2 is 1.92 bits per heavy atom. The topological polar surface area (TPSA) is 42.2 Å². The Labute approximate surface area is 140 Å². The number of alkyl halides is 3. The van der Waals surface area contributed by atoms with Crippen molar-refractivity contribution in [3.63, 3.8) is 0 Å². The molecule has 0 amide bonds. The van der Waals surface area contributed by atoms with Crippen LogP contribution in [0.3, 0.4) is 0 Å². The molecule has 130 valence electrons. The minimum Gasteiger partial charge on any atom is -0.360 e. The minimum atomic E-state index is -4.70. The number of aryl methyl sites for hydroxylation is 1. The molecule has 0 saturated heterocycles. The molecule has 8 heteroatoms. The van der Waals surface area contributed by atoms with Gasteiger partial charge in [0.25, 0.3) is 0 Å². The number of benzene rings is 1. The first-order chi connectivity index (χ1) is 11.8. The fourth-order valence-electron chi connectivity index (χ4n) is 3.03. The second-order valence-corrected chi connectivity index (χ2v) is 6.28. The third-order valence-corrected chi connectivity index (χ3v) is 4.43. The molecule has 25 heavy (non-hydrogen) atoms. The molecule has 0 spiro atoms. The quantitative estimate of drug-likeness (QED) is 0.716. The van der Waals surface area contributed by atoms with Crippen LogP contribution in [0.1, 0.15) is 29.7 Å². The Balaban J connectivity index is 1.71. The molecule has 0 atom stereocenters. The molecule has 0 radical (unpaired) electrons. The molecule has 0 bridgehead atoms. The molecule has 1 N–H and O–H groups in total. The van der Waals surface area contributed by atoms with Crippen molar-refractivity contribution in [2.45, 2.75) is 31.5 Å². The Morgan fingerprint density at radius 1 is 1.16 bits per heavy atom. The van der Waals surface area contributed by atoms with Crippen molar-refractivity contribution in [3.05, 3.63) is 59.2 Å². The number of rotatable bonds is 3. The maximum absolute atomic E-state index is 13.9. The fraction of sp³-hybridized carbons (Fsp3) is 0.294. The van der Waals surface area contributed by atoms with Crippen LogP contribution in [0, 0.1) is 12.7 Å². The van der Waals surface area contributed by atoms with Crippen LogP contribution < -0.4 is 5.32 Å². The lowest BCUT2D eigenvalue weighted by molar-refractivity contribution is -0.140. The zero-order valence-electron chi connectivity index (χ0n) is 13.2. The lowest BCUT2D eigenvalue weighted by Crippen LogP contribution is -2.22. The summed E-state index contributed by atoms with van der Waals surface area (Å²) in [5.74, 6) is -0.585. The monoisotopic (exact) mass is 350 g/mol. The second-order valence-electron chi connectivity index (χ2n) is 6.28. The van der Waals surface area contributed by atoms with Gasteiger partial charge in [0.15, 0.2) is 5.65 Å². The smallest absolute Gasteiger partial charge is 0.360 e. The molecule has 3 aromatic rings. The van der Waals surface area contributed by atoms with Crippen molar-refractivity contribution < 1.29 is 17.6 Å². The minimum absolute atomic E-state index is 0.493. The molecule has 1 aliphatic carbocycles. The van der Waals surface area contributed by atoms with E-state index in [0.29, 0.717) is 29.9 Å². The number of hydrogen-bond donors (Lipinski definition) is 1. The van der Waals surface area contributed by atoms with Gasteiger partial charge in [-0.05, 0) is 37.5 Å². The van der Waals surface area contributed by atoms with Gasteiger partial charge < -0.3 is 5.32 Å². The molecule has 2 heterocycles. The maximum atomic E-state index is 13.9. The number of fused-ring (bicyclic) bond motifs is 1. The van der Waals surface area contributed by atoms with E-state index in [0.717, 1.165) is 17.8 Å². The number of halogens is 4. The molecule has 0 unspecified atom stereocenters. The average molecular weight is 350 g/mol. The highest BCUT2D eigenvalue weighted by molar-refractivity contribution is 5.53. The Bertz CT molecular complexity index is 957. The first-order valence-electron chi connectivity index (χ1n) is 7.75. The van der Waals surface area contributed by atoms with Crippen LogP contribution >= 0.6 is 0 Å². The summed E-state index contributed by atoms with van der Waals surface area (Å²) in [5, 5.41) is 7.51. The first kappa shape index (κ1) is 15.9. The number of nitrogens with one attached hydrogen (secondary N) is 1. The van der Waals surface area contributed by atoms with Crippen molar-refractivity contribution >= 4 is 11.5 Å². The zero-order valence-corrected chi connectivity index (χ0v) is 13.2.